The molecule has 0 amide bonds. The van der Waals surface area contributed by atoms with Crippen LogP contribution in [0.1, 0.15) is 47.9 Å². The maximum Gasteiger partial charge on any atom is 0.433 e. The summed E-state index contributed by atoms with van der Waals surface area (Å²) in [7, 11) is 1.36. The Morgan fingerprint density at radius 1 is 1.17 bits per heavy atom. The number of carboxylic acid groups (broad SMARTS) is 1. The number of fused-ring (bicyclic) bond motifs is 1. The standard InChI is InChI=1S/C26H23F4NO5/c1-13(25(33)34)23(32)15-4-3-14-5-10-21(36-22(14)11-15)17-7-9-20(31-24(17)26(28,29)30)18-12-16(35-2)6-8-19(18)27/h3-4,6-9,11-13,21,23,32H,5,10H2,1-2H3,(H,33,34)/t13-,21?,23+/m0/s1. The van der Waals surface area contributed by atoms with Gasteiger partial charge in [0.15, 0.2) is 5.69 Å². The molecule has 1 aliphatic heterocycles. The Labute approximate surface area is 204 Å². The summed E-state index contributed by atoms with van der Waals surface area (Å²) >= 11 is 0. The number of pyridine rings is 1. The van der Waals surface area contributed by atoms with Gasteiger partial charge in [-0.05, 0) is 61.2 Å². The summed E-state index contributed by atoms with van der Waals surface area (Å²) in [6, 6.07) is 10.9. The average molecular weight is 505 g/mol. The highest BCUT2D eigenvalue weighted by Gasteiger charge is 2.39. The number of aryl methyl sites for hydroxylation is 1. The largest absolute Gasteiger partial charge is 0.497 e. The maximum absolute atomic E-state index is 14.4. The molecule has 0 saturated heterocycles. The number of hydrogen-bond donors (Lipinski definition) is 2. The van der Waals surface area contributed by atoms with Gasteiger partial charge in [-0.1, -0.05) is 18.2 Å². The van der Waals surface area contributed by atoms with E-state index in [1.807, 2.05) is 0 Å². The van der Waals surface area contributed by atoms with Gasteiger partial charge in [-0.2, -0.15) is 13.2 Å². The topological polar surface area (TPSA) is 88.9 Å². The molecule has 0 saturated carbocycles. The lowest BCUT2D eigenvalue weighted by atomic mass is 9.92. The van der Waals surface area contributed by atoms with Crippen molar-refractivity contribution in [3.05, 3.63) is 76.7 Å². The van der Waals surface area contributed by atoms with Crippen LogP contribution in [0, 0.1) is 11.7 Å². The first-order chi connectivity index (χ1) is 17.0. The van der Waals surface area contributed by atoms with Crippen molar-refractivity contribution in [3.63, 3.8) is 0 Å². The molecule has 10 heteroatoms. The predicted octanol–water partition coefficient (Wildman–Crippen LogP) is 5.74. The van der Waals surface area contributed by atoms with Crippen molar-refractivity contribution in [3.8, 4) is 22.8 Å². The number of rotatable bonds is 6. The van der Waals surface area contributed by atoms with Crippen LogP contribution in [0.4, 0.5) is 17.6 Å². The van der Waals surface area contributed by atoms with Gasteiger partial charge in [0.2, 0.25) is 0 Å². The second-order valence-electron chi connectivity index (χ2n) is 8.56. The van der Waals surface area contributed by atoms with E-state index < -0.39 is 41.8 Å². The number of aliphatic hydroxyl groups excluding tert-OH is 1. The fraction of sp³-hybridized carbons (Fsp3) is 0.308. The minimum Gasteiger partial charge on any atom is -0.497 e. The average Bonchev–Trinajstić information content (AvgIpc) is 2.86. The van der Waals surface area contributed by atoms with Crippen LogP contribution >= 0.6 is 0 Å². The molecule has 190 valence electrons. The number of ether oxygens (including phenoxy) is 2. The Balaban J connectivity index is 1.70. The summed E-state index contributed by atoms with van der Waals surface area (Å²) in [6.07, 6.45) is -6.53. The molecule has 1 aromatic heterocycles. The lowest BCUT2D eigenvalue weighted by molar-refractivity contribution is -0.145. The molecule has 0 bridgehead atoms. The second kappa shape index (κ2) is 9.77. The molecule has 0 spiro atoms. The van der Waals surface area contributed by atoms with Gasteiger partial charge < -0.3 is 19.7 Å². The van der Waals surface area contributed by atoms with Crippen molar-refractivity contribution >= 4 is 5.97 Å². The van der Waals surface area contributed by atoms with Crippen LogP contribution in [0.3, 0.4) is 0 Å². The third-order valence-electron chi connectivity index (χ3n) is 6.23. The van der Waals surface area contributed by atoms with Crippen LogP contribution in [0.15, 0.2) is 48.5 Å². The van der Waals surface area contributed by atoms with Gasteiger partial charge >= 0.3 is 12.1 Å². The van der Waals surface area contributed by atoms with E-state index in [0.717, 1.165) is 11.6 Å². The molecule has 3 atom stereocenters. The maximum atomic E-state index is 14.4. The summed E-state index contributed by atoms with van der Waals surface area (Å²) in [5.74, 6) is -2.49. The third kappa shape index (κ3) is 4.99. The van der Waals surface area contributed by atoms with Gasteiger partial charge in [-0.15, -0.1) is 0 Å². The lowest BCUT2D eigenvalue weighted by Gasteiger charge is -2.29. The first-order valence-electron chi connectivity index (χ1n) is 11.1. The van der Waals surface area contributed by atoms with E-state index in [-0.39, 0.29) is 40.3 Å². The van der Waals surface area contributed by atoms with Gasteiger partial charge in [0, 0.05) is 11.1 Å². The summed E-state index contributed by atoms with van der Waals surface area (Å²) < 4.78 is 67.5. The molecule has 1 aliphatic rings. The van der Waals surface area contributed by atoms with Crippen LogP contribution in [0.2, 0.25) is 0 Å². The van der Waals surface area contributed by atoms with Gasteiger partial charge in [0.1, 0.15) is 23.4 Å². The van der Waals surface area contributed by atoms with Crippen molar-refractivity contribution in [1.29, 1.82) is 0 Å². The Morgan fingerprint density at radius 2 is 1.92 bits per heavy atom. The molecule has 2 heterocycles. The van der Waals surface area contributed by atoms with E-state index in [9.17, 15) is 27.5 Å². The molecule has 4 rings (SSSR count). The van der Waals surface area contributed by atoms with E-state index in [1.54, 1.807) is 12.1 Å². The first kappa shape index (κ1) is 25.4. The van der Waals surface area contributed by atoms with Crippen LogP contribution in [-0.2, 0) is 17.4 Å². The Hall–Kier alpha value is -3.66. The van der Waals surface area contributed by atoms with Crippen molar-refractivity contribution in [2.24, 2.45) is 5.92 Å². The number of alkyl halides is 3. The number of methoxy groups -OCH3 is 1. The SMILES string of the molecule is COc1ccc(F)c(-c2ccc(C3CCc4ccc([C@H](O)[C@H](C)C(=O)O)cc4O3)c(C(F)(F)F)n2)c1. The molecule has 6 nitrogen and oxygen atoms in total. The molecule has 0 fully saturated rings. The molecule has 0 aliphatic carbocycles. The van der Waals surface area contributed by atoms with Crippen LogP contribution in [0.5, 0.6) is 11.5 Å². The smallest absolute Gasteiger partial charge is 0.433 e. The molecular weight excluding hydrogens is 482 g/mol. The third-order valence-corrected chi connectivity index (χ3v) is 6.23. The number of aliphatic hydroxyl groups is 1. The monoisotopic (exact) mass is 505 g/mol. The Morgan fingerprint density at radius 3 is 2.58 bits per heavy atom. The van der Waals surface area contributed by atoms with Crippen molar-refractivity contribution in [2.45, 2.75) is 38.1 Å². The van der Waals surface area contributed by atoms with Crippen molar-refractivity contribution in [1.82, 2.24) is 4.98 Å². The zero-order valence-corrected chi connectivity index (χ0v) is 19.3. The summed E-state index contributed by atoms with van der Waals surface area (Å²) in [4.78, 5) is 15.0. The van der Waals surface area contributed by atoms with E-state index in [4.69, 9.17) is 14.6 Å². The molecule has 2 aromatic carbocycles. The molecule has 3 aromatic rings. The van der Waals surface area contributed by atoms with E-state index in [1.165, 1.54) is 44.4 Å². The van der Waals surface area contributed by atoms with Gasteiger partial charge in [0.25, 0.3) is 0 Å². The zero-order chi connectivity index (χ0) is 26.2. The number of aromatic nitrogens is 1. The highest BCUT2D eigenvalue weighted by Crippen LogP contribution is 2.42. The molecule has 36 heavy (non-hydrogen) atoms. The number of carboxylic acids is 1. The van der Waals surface area contributed by atoms with Gasteiger partial charge in [-0.3, -0.25) is 4.79 Å². The molecule has 1 unspecified atom stereocenters. The van der Waals surface area contributed by atoms with E-state index in [0.29, 0.717) is 6.42 Å². The predicted molar refractivity (Wildman–Crippen MR) is 121 cm³/mol. The van der Waals surface area contributed by atoms with Crippen molar-refractivity contribution in [2.75, 3.05) is 7.11 Å². The highest BCUT2D eigenvalue weighted by atomic mass is 19.4. The van der Waals surface area contributed by atoms with Crippen LogP contribution in [0.25, 0.3) is 11.3 Å². The van der Waals surface area contributed by atoms with Crippen LogP contribution in [-0.4, -0.2) is 28.3 Å². The quantitative estimate of drug-likeness (QED) is 0.416. The van der Waals surface area contributed by atoms with E-state index in [2.05, 4.69) is 4.98 Å². The van der Waals surface area contributed by atoms with Gasteiger partial charge in [-0.25, -0.2) is 9.37 Å². The molecular formula is C26H23F4NO5. The van der Waals surface area contributed by atoms with Crippen molar-refractivity contribution < 1.29 is 42.0 Å². The number of benzene rings is 2. The molecule has 0 radical (unpaired) electrons. The fourth-order valence-corrected chi connectivity index (χ4v) is 4.15. The van der Waals surface area contributed by atoms with Crippen LogP contribution < -0.4 is 9.47 Å². The normalized spacial score (nSPS) is 17.0. The fourth-order valence-electron chi connectivity index (χ4n) is 4.15. The summed E-state index contributed by atoms with van der Waals surface area (Å²) in [6.45, 7) is 1.35. The number of hydrogen-bond acceptors (Lipinski definition) is 5. The van der Waals surface area contributed by atoms with E-state index >= 15 is 0 Å². The minimum atomic E-state index is -4.83. The minimum absolute atomic E-state index is 0.132. The Bertz CT molecular complexity index is 1290. The number of nitrogens with zero attached hydrogens (tertiary/aromatic N) is 1. The summed E-state index contributed by atoms with van der Waals surface area (Å²) in [5.41, 5.74) is -0.722. The number of halogens is 4. The number of aliphatic carboxylic acids is 1. The number of carbonyl (C=O) groups is 1. The lowest BCUT2D eigenvalue weighted by Crippen LogP contribution is -2.22. The Kier molecular flexibility index (Phi) is 6.90. The first-order valence-corrected chi connectivity index (χ1v) is 11.1. The summed E-state index contributed by atoms with van der Waals surface area (Å²) in [5, 5.41) is 19.5. The molecule has 2 N–H and O–H groups in total. The van der Waals surface area contributed by atoms with Gasteiger partial charge in [0.05, 0.1) is 24.8 Å². The zero-order valence-electron chi connectivity index (χ0n) is 19.3. The highest BCUT2D eigenvalue weighted by molar-refractivity contribution is 5.70. The second-order valence-corrected chi connectivity index (χ2v) is 8.56.